The second kappa shape index (κ2) is 10.1. The van der Waals surface area contributed by atoms with Crippen molar-refractivity contribution in [3.8, 4) is 11.4 Å². The molecule has 8 nitrogen and oxygen atoms in total. The molecule has 2 aliphatic rings. The molecule has 2 aromatic heterocycles. The van der Waals surface area contributed by atoms with Crippen LogP contribution in [0, 0.1) is 0 Å². The van der Waals surface area contributed by atoms with E-state index < -0.39 is 11.1 Å². The summed E-state index contributed by atoms with van der Waals surface area (Å²) in [6.07, 6.45) is 4.06. The fraction of sp³-hybridized carbons (Fsp3) is 0.344. The molecule has 1 aliphatic carbocycles. The first-order valence-corrected chi connectivity index (χ1v) is 14.4. The van der Waals surface area contributed by atoms with Gasteiger partial charge in [-0.1, -0.05) is 43.3 Å². The Kier molecular flexibility index (Phi) is 6.27. The van der Waals surface area contributed by atoms with Crippen LogP contribution in [0.3, 0.4) is 0 Å². The fourth-order valence-corrected chi connectivity index (χ4v) is 6.11. The molecular weight excluding hydrogens is 500 g/mol. The molecule has 8 heteroatoms. The van der Waals surface area contributed by atoms with E-state index in [1.165, 1.54) is 11.3 Å². The monoisotopic (exact) mass is 534 g/mol. The Morgan fingerprint density at radius 2 is 1.65 bits per heavy atom. The molecule has 40 heavy (non-hydrogen) atoms. The van der Waals surface area contributed by atoms with Gasteiger partial charge >= 0.3 is 11.1 Å². The minimum atomic E-state index is -0.529. The van der Waals surface area contributed by atoms with Crippen molar-refractivity contribution in [2.45, 2.75) is 45.2 Å². The molecule has 1 saturated carbocycles. The Hall–Kier alpha value is -4.17. The topological polar surface area (TPSA) is 90.0 Å². The van der Waals surface area contributed by atoms with Crippen molar-refractivity contribution in [2.24, 2.45) is 0 Å². The number of nitrogens with zero attached hydrogens (tertiary/aromatic N) is 4. The minimum absolute atomic E-state index is 0.146. The normalized spacial score (nSPS) is 16.6. The van der Waals surface area contributed by atoms with E-state index in [2.05, 4.69) is 75.2 Å². The van der Waals surface area contributed by atoms with E-state index >= 15 is 0 Å². The van der Waals surface area contributed by atoms with Gasteiger partial charge < -0.3 is 14.9 Å². The smallest absolute Gasteiger partial charge is 0.316 e. The quantitative estimate of drug-likeness (QED) is 0.304. The Morgan fingerprint density at radius 3 is 2.38 bits per heavy atom. The summed E-state index contributed by atoms with van der Waals surface area (Å²) in [7, 11) is 0. The second-order valence-corrected chi connectivity index (χ2v) is 11.1. The van der Waals surface area contributed by atoms with Crippen LogP contribution >= 0.6 is 0 Å². The zero-order valence-corrected chi connectivity index (χ0v) is 22.8. The van der Waals surface area contributed by atoms with E-state index in [-0.39, 0.29) is 6.04 Å². The summed E-state index contributed by atoms with van der Waals surface area (Å²) in [4.78, 5) is 41.1. The molecule has 2 N–H and O–H groups in total. The number of fused-ring (bicyclic) bond motifs is 2. The van der Waals surface area contributed by atoms with Crippen LogP contribution in [0.2, 0.25) is 0 Å². The number of aromatic amines is 2. The molecule has 204 valence electrons. The lowest BCUT2D eigenvalue weighted by molar-refractivity contribution is 0.250. The molecule has 3 aromatic carbocycles. The molecule has 0 unspecified atom stereocenters. The van der Waals surface area contributed by atoms with Gasteiger partial charge in [0.05, 0.1) is 22.2 Å². The average molecular weight is 535 g/mol. The molecular formula is C32H34N6O2. The number of nitrogens with one attached hydrogen (secondary N) is 2. The first-order valence-electron chi connectivity index (χ1n) is 14.4. The number of hydrogen-bond donors (Lipinski definition) is 2. The summed E-state index contributed by atoms with van der Waals surface area (Å²) in [6, 6.07) is 21.3. The highest BCUT2D eigenvalue weighted by Gasteiger charge is 2.24. The van der Waals surface area contributed by atoms with Crippen molar-refractivity contribution in [3.63, 3.8) is 0 Å². The van der Waals surface area contributed by atoms with Gasteiger partial charge in [-0.05, 0) is 61.1 Å². The van der Waals surface area contributed by atoms with Crippen LogP contribution in [-0.2, 0) is 13.0 Å². The van der Waals surface area contributed by atoms with Crippen LogP contribution in [0.1, 0.15) is 43.4 Å². The van der Waals surface area contributed by atoms with Crippen LogP contribution in [0.15, 0.2) is 70.3 Å². The van der Waals surface area contributed by atoms with E-state index in [0.717, 1.165) is 97.4 Å². The molecule has 2 fully saturated rings. The summed E-state index contributed by atoms with van der Waals surface area (Å²) < 4.78 is 1.71. The predicted molar refractivity (Wildman–Crippen MR) is 160 cm³/mol. The molecule has 0 amide bonds. The van der Waals surface area contributed by atoms with Gasteiger partial charge in [-0.15, -0.1) is 0 Å². The number of imidazole rings is 1. The third-order valence-electron chi connectivity index (χ3n) is 8.67. The SMILES string of the molecule is CCc1ccc(-c2nc3c(N4CCN(Cc5ccc6c(c5)[nH]c(=O)c(=O)n6C5CCC5)CC4)cccc3[nH]2)cc1. The molecule has 3 heterocycles. The number of anilines is 1. The average Bonchev–Trinajstić information content (AvgIpc) is 3.40. The summed E-state index contributed by atoms with van der Waals surface area (Å²) >= 11 is 0. The molecule has 5 aromatic rings. The minimum Gasteiger partial charge on any atom is -0.367 e. The largest absolute Gasteiger partial charge is 0.367 e. The number of rotatable bonds is 6. The van der Waals surface area contributed by atoms with Crippen molar-refractivity contribution < 1.29 is 0 Å². The van der Waals surface area contributed by atoms with Crippen molar-refractivity contribution >= 4 is 27.8 Å². The van der Waals surface area contributed by atoms with Gasteiger partial charge in [0.25, 0.3) is 0 Å². The summed E-state index contributed by atoms with van der Waals surface area (Å²) in [5.41, 5.74) is 7.42. The first kappa shape index (κ1) is 24.8. The highest BCUT2D eigenvalue weighted by molar-refractivity contribution is 5.91. The number of piperazine rings is 1. The van der Waals surface area contributed by atoms with Crippen LogP contribution in [0.4, 0.5) is 5.69 Å². The number of aromatic nitrogens is 4. The lowest BCUT2D eigenvalue weighted by atomic mass is 9.92. The molecule has 0 radical (unpaired) electrons. The predicted octanol–water partition coefficient (Wildman–Crippen LogP) is 4.84. The zero-order valence-electron chi connectivity index (χ0n) is 22.8. The summed E-state index contributed by atoms with van der Waals surface area (Å²) in [5, 5.41) is 0. The van der Waals surface area contributed by atoms with Crippen LogP contribution in [0.25, 0.3) is 33.5 Å². The lowest BCUT2D eigenvalue weighted by Crippen LogP contribution is -2.46. The summed E-state index contributed by atoms with van der Waals surface area (Å²) in [6.45, 7) is 6.67. The van der Waals surface area contributed by atoms with Crippen molar-refractivity contribution in [2.75, 3.05) is 31.1 Å². The molecule has 1 aliphatic heterocycles. The third kappa shape index (κ3) is 4.42. The van der Waals surface area contributed by atoms with Gasteiger partial charge in [0, 0.05) is 44.3 Å². The van der Waals surface area contributed by atoms with E-state index in [0.29, 0.717) is 0 Å². The Balaban J connectivity index is 1.07. The van der Waals surface area contributed by atoms with E-state index in [1.54, 1.807) is 4.57 Å². The van der Waals surface area contributed by atoms with E-state index in [1.807, 2.05) is 12.1 Å². The van der Waals surface area contributed by atoms with E-state index in [4.69, 9.17) is 4.98 Å². The van der Waals surface area contributed by atoms with Crippen molar-refractivity contribution in [1.82, 2.24) is 24.4 Å². The standard InChI is InChI=1S/C32H34N6O2/c1-2-21-9-12-23(13-10-21)30-33-25-7-4-8-28(29(25)35-30)37-17-15-36(16-18-37)20-22-11-14-27-26(19-22)34-31(39)32(40)38(27)24-5-3-6-24/h4,7-14,19,24H,2-3,5-6,15-18,20H2,1H3,(H,33,35)(H,34,39). The first-order chi connectivity index (χ1) is 19.6. The van der Waals surface area contributed by atoms with Crippen LogP contribution in [0.5, 0.6) is 0 Å². The van der Waals surface area contributed by atoms with Crippen molar-refractivity contribution in [3.05, 3.63) is 92.5 Å². The number of hydrogen-bond acceptors (Lipinski definition) is 5. The second-order valence-electron chi connectivity index (χ2n) is 11.1. The summed E-state index contributed by atoms with van der Waals surface area (Å²) in [5.74, 6) is 0.904. The maximum atomic E-state index is 12.5. The lowest BCUT2D eigenvalue weighted by Gasteiger charge is -2.36. The Morgan fingerprint density at radius 1 is 0.875 bits per heavy atom. The van der Waals surface area contributed by atoms with Gasteiger partial charge in [0.1, 0.15) is 11.3 Å². The molecule has 0 spiro atoms. The highest BCUT2D eigenvalue weighted by Crippen LogP contribution is 2.32. The number of benzene rings is 3. The van der Waals surface area contributed by atoms with Gasteiger partial charge in [-0.25, -0.2) is 4.98 Å². The van der Waals surface area contributed by atoms with Crippen LogP contribution < -0.4 is 16.0 Å². The van der Waals surface area contributed by atoms with Gasteiger partial charge in [-0.3, -0.25) is 19.1 Å². The van der Waals surface area contributed by atoms with Gasteiger partial charge in [0.15, 0.2) is 0 Å². The molecule has 0 atom stereocenters. The number of aryl methyl sites for hydroxylation is 1. The highest BCUT2D eigenvalue weighted by atomic mass is 16.2. The van der Waals surface area contributed by atoms with Gasteiger partial charge in [0.2, 0.25) is 0 Å². The number of para-hydroxylation sites is 1. The molecule has 1 saturated heterocycles. The maximum absolute atomic E-state index is 12.5. The van der Waals surface area contributed by atoms with Crippen LogP contribution in [-0.4, -0.2) is 50.6 Å². The Bertz CT molecular complexity index is 1800. The van der Waals surface area contributed by atoms with Crippen molar-refractivity contribution in [1.29, 1.82) is 0 Å². The Labute approximate surface area is 232 Å². The maximum Gasteiger partial charge on any atom is 0.316 e. The number of H-pyrrole nitrogens is 2. The zero-order chi connectivity index (χ0) is 27.2. The molecule has 7 rings (SSSR count). The van der Waals surface area contributed by atoms with E-state index in [9.17, 15) is 9.59 Å². The molecule has 0 bridgehead atoms. The fourth-order valence-electron chi connectivity index (χ4n) is 6.11. The van der Waals surface area contributed by atoms with Gasteiger partial charge in [-0.2, -0.15) is 0 Å². The third-order valence-corrected chi connectivity index (χ3v) is 8.67.